The minimum atomic E-state index is -0.887. The van der Waals surface area contributed by atoms with Gasteiger partial charge in [-0.3, -0.25) is 0 Å². The van der Waals surface area contributed by atoms with Crippen LogP contribution < -0.4 is 10.1 Å². The van der Waals surface area contributed by atoms with Gasteiger partial charge in [-0.05, 0) is 52.7 Å². The maximum atomic E-state index is 12.6. The van der Waals surface area contributed by atoms with Crippen molar-refractivity contribution in [2.45, 2.75) is 78.9 Å². The van der Waals surface area contributed by atoms with Crippen LogP contribution in [0.15, 0.2) is 12.1 Å². The van der Waals surface area contributed by atoms with Gasteiger partial charge in [0.1, 0.15) is 23.7 Å². The summed E-state index contributed by atoms with van der Waals surface area (Å²) >= 11 is 0. The maximum Gasteiger partial charge on any atom is 0.408 e. The molecule has 0 aromatic heterocycles. The molecule has 1 rings (SSSR count). The lowest BCUT2D eigenvalue weighted by atomic mass is 9.78. The third kappa shape index (κ3) is 6.38. The van der Waals surface area contributed by atoms with Crippen molar-refractivity contribution in [3.63, 3.8) is 0 Å². The number of carbonyl (C=O) groups is 3. The van der Waals surface area contributed by atoms with Crippen LogP contribution in [0.1, 0.15) is 64.7 Å². The second kappa shape index (κ2) is 8.55. The number of alkyl carbamates (subject to hydrolysis) is 1. The van der Waals surface area contributed by atoms with Gasteiger partial charge in [0.15, 0.2) is 0 Å². The first-order valence-corrected chi connectivity index (χ1v) is 9.04. The third-order valence-corrected chi connectivity index (χ3v) is 4.12. The molecule has 0 heterocycles. The topological polar surface area (TPSA) is 81.7 Å². The molecule has 0 aliphatic heterocycles. The van der Waals surface area contributed by atoms with Gasteiger partial charge in [0.2, 0.25) is 0 Å². The molecule has 0 bridgehead atoms. The SMILES string of the molecule is Cc1ccc(C)c(C(C)(C)CC=O)c1OC(=O)[C@H](C)NC(=O)OC(C)(C)C. The lowest BCUT2D eigenvalue weighted by molar-refractivity contribution is -0.136. The molecule has 0 spiro atoms. The van der Waals surface area contributed by atoms with Gasteiger partial charge in [0.05, 0.1) is 0 Å². The lowest BCUT2D eigenvalue weighted by Crippen LogP contribution is -2.43. The van der Waals surface area contributed by atoms with Crippen LogP contribution in [0, 0.1) is 13.8 Å². The van der Waals surface area contributed by atoms with Crippen LogP contribution >= 0.6 is 0 Å². The van der Waals surface area contributed by atoms with Gasteiger partial charge in [-0.15, -0.1) is 0 Å². The van der Waals surface area contributed by atoms with Crippen LogP contribution in [-0.2, 0) is 19.7 Å². The van der Waals surface area contributed by atoms with E-state index in [1.807, 2.05) is 39.8 Å². The average Bonchev–Trinajstić information content (AvgIpc) is 2.48. The van der Waals surface area contributed by atoms with E-state index in [-0.39, 0.29) is 0 Å². The molecule has 1 aromatic rings. The second-order valence-electron chi connectivity index (χ2n) is 8.45. The van der Waals surface area contributed by atoms with Crippen molar-refractivity contribution in [2.75, 3.05) is 0 Å². The minimum absolute atomic E-state index is 0.299. The molecule has 27 heavy (non-hydrogen) atoms. The predicted octanol–water partition coefficient (Wildman–Crippen LogP) is 3.99. The average molecular weight is 377 g/mol. The van der Waals surface area contributed by atoms with Crippen LogP contribution in [0.5, 0.6) is 5.75 Å². The van der Waals surface area contributed by atoms with Gasteiger partial charge in [0, 0.05) is 17.4 Å². The van der Waals surface area contributed by atoms with Gasteiger partial charge in [-0.2, -0.15) is 0 Å². The molecule has 6 nitrogen and oxygen atoms in total. The number of rotatable bonds is 6. The standard InChI is InChI=1S/C21H31NO5/c1-13-9-10-14(2)17(16(13)21(7,8)11-12-23)26-18(24)15(3)22-19(25)27-20(4,5)6/h9-10,12,15H,11H2,1-8H3,(H,22,25)/t15-/m0/s1. The van der Waals surface area contributed by atoms with E-state index in [9.17, 15) is 14.4 Å². The molecule has 0 radical (unpaired) electrons. The number of carbonyl (C=O) groups excluding carboxylic acids is 3. The molecule has 1 amide bonds. The molecule has 0 aliphatic carbocycles. The Hall–Kier alpha value is -2.37. The molecule has 0 unspecified atom stereocenters. The Morgan fingerprint density at radius 1 is 1.11 bits per heavy atom. The highest BCUT2D eigenvalue weighted by molar-refractivity contribution is 5.83. The highest BCUT2D eigenvalue weighted by atomic mass is 16.6. The van der Waals surface area contributed by atoms with Gasteiger partial charge in [-0.1, -0.05) is 26.0 Å². The van der Waals surface area contributed by atoms with E-state index in [4.69, 9.17) is 9.47 Å². The van der Waals surface area contributed by atoms with Gasteiger partial charge < -0.3 is 19.6 Å². The molecule has 1 N–H and O–H groups in total. The van der Waals surface area contributed by atoms with Gasteiger partial charge >= 0.3 is 12.1 Å². The number of aryl methyl sites for hydroxylation is 2. The van der Waals surface area contributed by atoms with E-state index in [0.29, 0.717) is 12.2 Å². The van der Waals surface area contributed by atoms with Crippen LogP contribution in [0.4, 0.5) is 4.79 Å². The summed E-state index contributed by atoms with van der Waals surface area (Å²) in [4.78, 5) is 35.5. The van der Waals surface area contributed by atoms with Crippen LogP contribution in [0.2, 0.25) is 0 Å². The fraction of sp³-hybridized carbons (Fsp3) is 0.571. The molecule has 0 aliphatic rings. The molecule has 1 aromatic carbocycles. The molecule has 150 valence electrons. The first-order chi connectivity index (χ1) is 12.3. The summed E-state index contributed by atoms with van der Waals surface area (Å²) in [5, 5.41) is 2.48. The molecule has 0 saturated heterocycles. The monoisotopic (exact) mass is 377 g/mol. The van der Waals surface area contributed by atoms with Gasteiger partial charge in [-0.25, -0.2) is 9.59 Å². The first-order valence-electron chi connectivity index (χ1n) is 9.04. The van der Waals surface area contributed by atoms with E-state index in [2.05, 4.69) is 5.32 Å². The highest BCUT2D eigenvalue weighted by Gasteiger charge is 2.30. The van der Waals surface area contributed by atoms with Crippen molar-refractivity contribution in [3.05, 3.63) is 28.8 Å². The zero-order valence-electron chi connectivity index (χ0n) is 17.6. The van der Waals surface area contributed by atoms with Crippen molar-refractivity contribution in [3.8, 4) is 5.75 Å². The summed E-state index contributed by atoms with van der Waals surface area (Å²) in [6, 6.07) is 2.92. The number of hydrogen-bond donors (Lipinski definition) is 1. The van der Waals surface area contributed by atoms with Crippen molar-refractivity contribution in [1.82, 2.24) is 5.32 Å². The molecule has 0 fully saturated rings. The quantitative estimate of drug-likeness (QED) is 0.460. The number of benzene rings is 1. The molecule has 6 heteroatoms. The van der Waals surface area contributed by atoms with E-state index < -0.39 is 29.1 Å². The Kier molecular flexibility index (Phi) is 7.18. The van der Waals surface area contributed by atoms with E-state index in [1.165, 1.54) is 6.92 Å². The zero-order chi connectivity index (χ0) is 21.0. The van der Waals surface area contributed by atoms with Crippen molar-refractivity contribution in [1.29, 1.82) is 0 Å². The number of nitrogens with one attached hydrogen (secondary N) is 1. The number of amides is 1. The van der Waals surface area contributed by atoms with Crippen LogP contribution in [-0.4, -0.2) is 30.0 Å². The largest absolute Gasteiger partial charge is 0.444 e. The normalized spacial score (nSPS) is 12.9. The van der Waals surface area contributed by atoms with E-state index in [0.717, 1.165) is 23.0 Å². The third-order valence-electron chi connectivity index (χ3n) is 4.12. The number of aldehydes is 1. The Morgan fingerprint density at radius 3 is 2.19 bits per heavy atom. The smallest absolute Gasteiger partial charge is 0.408 e. The fourth-order valence-corrected chi connectivity index (χ4v) is 2.80. The van der Waals surface area contributed by atoms with Crippen LogP contribution in [0.25, 0.3) is 0 Å². The Labute approximate surface area is 161 Å². The summed E-state index contributed by atoms with van der Waals surface area (Å²) in [7, 11) is 0. The van der Waals surface area contributed by atoms with Crippen molar-refractivity contribution < 1.29 is 23.9 Å². The van der Waals surface area contributed by atoms with Crippen LogP contribution in [0.3, 0.4) is 0 Å². The number of ether oxygens (including phenoxy) is 2. The molecular formula is C21H31NO5. The number of hydrogen-bond acceptors (Lipinski definition) is 5. The summed E-state index contributed by atoms with van der Waals surface area (Å²) in [6.07, 6.45) is 0.475. The first kappa shape index (κ1) is 22.7. The number of esters is 1. The Balaban J connectivity index is 3.07. The zero-order valence-corrected chi connectivity index (χ0v) is 17.6. The Bertz CT molecular complexity index is 716. The highest BCUT2D eigenvalue weighted by Crippen LogP contribution is 2.38. The summed E-state index contributed by atoms with van der Waals surface area (Å²) in [6.45, 7) is 14.4. The fourth-order valence-electron chi connectivity index (χ4n) is 2.80. The summed E-state index contributed by atoms with van der Waals surface area (Å²) < 4.78 is 10.8. The summed E-state index contributed by atoms with van der Waals surface area (Å²) in [5.41, 5.74) is 1.38. The minimum Gasteiger partial charge on any atom is -0.444 e. The Morgan fingerprint density at radius 2 is 1.67 bits per heavy atom. The summed E-state index contributed by atoms with van der Waals surface area (Å²) in [5.74, 6) is -0.164. The molecular weight excluding hydrogens is 346 g/mol. The van der Waals surface area contributed by atoms with Crippen molar-refractivity contribution in [2.24, 2.45) is 0 Å². The second-order valence-corrected chi connectivity index (χ2v) is 8.45. The van der Waals surface area contributed by atoms with E-state index in [1.54, 1.807) is 20.8 Å². The van der Waals surface area contributed by atoms with E-state index >= 15 is 0 Å². The van der Waals surface area contributed by atoms with Crippen molar-refractivity contribution >= 4 is 18.3 Å². The predicted molar refractivity (Wildman–Crippen MR) is 104 cm³/mol. The van der Waals surface area contributed by atoms with Gasteiger partial charge in [0.25, 0.3) is 0 Å². The molecule has 0 saturated carbocycles. The lowest BCUT2D eigenvalue weighted by Gasteiger charge is -2.28. The maximum absolute atomic E-state index is 12.6. The molecule has 1 atom stereocenters.